The van der Waals surface area contributed by atoms with Crippen molar-refractivity contribution in [3.63, 3.8) is 0 Å². The Morgan fingerprint density at radius 2 is 1.82 bits per heavy atom. The highest BCUT2D eigenvalue weighted by Gasteiger charge is 2.20. The molecule has 0 unspecified atom stereocenters. The van der Waals surface area contributed by atoms with Crippen LogP contribution in [0.15, 0.2) is 47.4 Å². The normalized spacial score (nSPS) is 15.5. The molecule has 1 N–H and O–H groups in total. The molecule has 0 amide bonds. The van der Waals surface area contributed by atoms with E-state index in [1.165, 1.54) is 12.1 Å². The molecule has 9 heteroatoms. The molecular formula is C19H23N3O5S. The Kier molecular flexibility index (Phi) is 6.40. The smallest absolute Gasteiger partial charge is 0.273 e. The standard InChI is InChI=1S/C19H23N3O5S/c1-15-6-7-18(12-19(15)22(23)24)28(25,26)20-13-16-4-2-3-5-17(16)14-21-8-10-27-11-9-21/h2-7,12,20H,8-11,13-14H2,1H3. The number of ether oxygens (including phenoxy) is 1. The van der Waals surface area contributed by atoms with E-state index in [0.717, 1.165) is 36.8 Å². The van der Waals surface area contributed by atoms with Gasteiger partial charge in [0.2, 0.25) is 10.0 Å². The van der Waals surface area contributed by atoms with Crippen molar-refractivity contribution in [1.29, 1.82) is 0 Å². The molecule has 0 bridgehead atoms. The van der Waals surface area contributed by atoms with E-state index >= 15 is 0 Å². The van der Waals surface area contributed by atoms with Crippen LogP contribution in [0, 0.1) is 17.0 Å². The zero-order valence-electron chi connectivity index (χ0n) is 15.6. The fourth-order valence-corrected chi connectivity index (χ4v) is 4.12. The lowest BCUT2D eigenvalue weighted by molar-refractivity contribution is -0.385. The lowest BCUT2D eigenvalue weighted by Crippen LogP contribution is -2.36. The Balaban J connectivity index is 1.74. The minimum absolute atomic E-state index is 0.115. The van der Waals surface area contributed by atoms with Gasteiger partial charge in [-0.2, -0.15) is 0 Å². The highest BCUT2D eigenvalue weighted by Crippen LogP contribution is 2.22. The van der Waals surface area contributed by atoms with Crippen LogP contribution >= 0.6 is 0 Å². The number of hydrogen-bond donors (Lipinski definition) is 1. The first-order valence-electron chi connectivity index (χ1n) is 8.98. The fraction of sp³-hybridized carbons (Fsp3) is 0.368. The van der Waals surface area contributed by atoms with Crippen LogP contribution in [0.1, 0.15) is 16.7 Å². The number of nitrogens with zero attached hydrogens (tertiary/aromatic N) is 2. The summed E-state index contributed by atoms with van der Waals surface area (Å²) in [6, 6.07) is 11.6. The topological polar surface area (TPSA) is 102 Å². The molecule has 0 spiro atoms. The molecule has 0 atom stereocenters. The molecule has 3 rings (SSSR count). The first-order valence-corrected chi connectivity index (χ1v) is 10.5. The zero-order chi connectivity index (χ0) is 20.1. The summed E-state index contributed by atoms with van der Waals surface area (Å²) >= 11 is 0. The number of nitro groups is 1. The number of aryl methyl sites for hydroxylation is 1. The van der Waals surface area contributed by atoms with Crippen LogP contribution in [0.5, 0.6) is 0 Å². The highest BCUT2D eigenvalue weighted by atomic mass is 32.2. The van der Waals surface area contributed by atoms with Gasteiger partial charge in [0.1, 0.15) is 0 Å². The molecule has 1 saturated heterocycles. The van der Waals surface area contributed by atoms with Crippen molar-refractivity contribution in [2.24, 2.45) is 0 Å². The maximum atomic E-state index is 12.6. The van der Waals surface area contributed by atoms with Crippen molar-refractivity contribution in [3.8, 4) is 0 Å². The predicted octanol–water partition coefficient (Wildman–Crippen LogP) is 2.21. The number of nitrogens with one attached hydrogen (secondary N) is 1. The van der Waals surface area contributed by atoms with Gasteiger partial charge in [-0.25, -0.2) is 13.1 Å². The van der Waals surface area contributed by atoms with E-state index in [0.29, 0.717) is 18.8 Å². The second-order valence-electron chi connectivity index (χ2n) is 6.69. The Labute approximate surface area is 164 Å². The SMILES string of the molecule is Cc1ccc(S(=O)(=O)NCc2ccccc2CN2CCOCC2)cc1[N+](=O)[O-]. The van der Waals surface area contributed by atoms with Gasteiger partial charge in [-0.1, -0.05) is 30.3 Å². The van der Waals surface area contributed by atoms with Gasteiger partial charge in [0.25, 0.3) is 5.69 Å². The van der Waals surface area contributed by atoms with Gasteiger partial charge in [0.15, 0.2) is 0 Å². The van der Waals surface area contributed by atoms with Crippen LogP contribution in [0.4, 0.5) is 5.69 Å². The van der Waals surface area contributed by atoms with Crippen LogP contribution in [0.3, 0.4) is 0 Å². The van der Waals surface area contributed by atoms with Crippen molar-refractivity contribution in [2.75, 3.05) is 26.3 Å². The second kappa shape index (κ2) is 8.78. The molecule has 2 aromatic carbocycles. The molecule has 0 radical (unpaired) electrons. The first-order chi connectivity index (χ1) is 13.4. The van der Waals surface area contributed by atoms with Crippen LogP contribution in [-0.2, 0) is 27.8 Å². The molecule has 8 nitrogen and oxygen atoms in total. The van der Waals surface area contributed by atoms with E-state index in [4.69, 9.17) is 4.74 Å². The molecule has 1 heterocycles. The number of benzene rings is 2. The monoisotopic (exact) mass is 405 g/mol. The van der Waals surface area contributed by atoms with Crippen molar-refractivity contribution < 1.29 is 18.1 Å². The minimum Gasteiger partial charge on any atom is -0.379 e. The summed E-state index contributed by atoms with van der Waals surface area (Å²) in [6.07, 6.45) is 0. The maximum Gasteiger partial charge on any atom is 0.273 e. The van der Waals surface area contributed by atoms with Gasteiger partial charge < -0.3 is 4.74 Å². The Hall–Kier alpha value is -2.33. The van der Waals surface area contributed by atoms with Gasteiger partial charge in [-0.15, -0.1) is 0 Å². The largest absolute Gasteiger partial charge is 0.379 e. The molecule has 2 aromatic rings. The van der Waals surface area contributed by atoms with Crippen LogP contribution in [-0.4, -0.2) is 44.5 Å². The Morgan fingerprint density at radius 3 is 2.50 bits per heavy atom. The lowest BCUT2D eigenvalue weighted by Gasteiger charge is -2.27. The predicted molar refractivity (Wildman–Crippen MR) is 104 cm³/mol. The molecule has 1 aliphatic rings. The van der Waals surface area contributed by atoms with Gasteiger partial charge >= 0.3 is 0 Å². The average Bonchev–Trinajstić information content (AvgIpc) is 2.68. The Morgan fingerprint density at radius 1 is 1.14 bits per heavy atom. The molecule has 28 heavy (non-hydrogen) atoms. The van der Waals surface area contributed by atoms with E-state index in [9.17, 15) is 18.5 Å². The van der Waals surface area contributed by atoms with Crippen LogP contribution in [0.25, 0.3) is 0 Å². The van der Waals surface area contributed by atoms with Crippen LogP contribution in [0.2, 0.25) is 0 Å². The summed E-state index contributed by atoms with van der Waals surface area (Å²) in [5.41, 5.74) is 2.12. The third kappa shape index (κ3) is 4.93. The second-order valence-corrected chi connectivity index (χ2v) is 8.45. The van der Waals surface area contributed by atoms with E-state index in [1.807, 2.05) is 24.3 Å². The molecule has 0 aromatic heterocycles. The van der Waals surface area contributed by atoms with E-state index in [1.54, 1.807) is 6.92 Å². The molecule has 150 valence electrons. The van der Waals surface area contributed by atoms with Crippen molar-refractivity contribution in [3.05, 3.63) is 69.3 Å². The van der Waals surface area contributed by atoms with Crippen molar-refractivity contribution in [1.82, 2.24) is 9.62 Å². The number of nitro benzene ring substituents is 1. The zero-order valence-corrected chi connectivity index (χ0v) is 16.4. The lowest BCUT2D eigenvalue weighted by atomic mass is 10.1. The van der Waals surface area contributed by atoms with E-state index < -0.39 is 14.9 Å². The van der Waals surface area contributed by atoms with E-state index in [2.05, 4.69) is 9.62 Å². The van der Waals surface area contributed by atoms with Gasteiger partial charge in [0.05, 0.1) is 23.0 Å². The summed E-state index contributed by atoms with van der Waals surface area (Å²) in [7, 11) is -3.87. The highest BCUT2D eigenvalue weighted by molar-refractivity contribution is 7.89. The van der Waals surface area contributed by atoms with Gasteiger partial charge in [-0.3, -0.25) is 15.0 Å². The van der Waals surface area contributed by atoms with Gasteiger partial charge in [-0.05, 0) is 24.1 Å². The molecule has 0 aliphatic carbocycles. The van der Waals surface area contributed by atoms with E-state index in [-0.39, 0.29) is 17.1 Å². The number of sulfonamides is 1. The summed E-state index contributed by atoms with van der Waals surface area (Å²) in [4.78, 5) is 12.7. The summed E-state index contributed by atoms with van der Waals surface area (Å²) in [5.74, 6) is 0. The fourth-order valence-electron chi connectivity index (χ4n) is 3.09. The van der Waals surface area contributed by atoms with Crippen molar-refractivity contribution in [2.45, 2.75) is 24.9 Å². The number of rotatable bonds is 7. The van der Waals surface area contributed by atoms with Gasteiger partial charge in [0, 0.05) is 37.8 Å². The van der Waals surface area contributed by atoms with Crippen molar-refractivity contribution >= 4 is 15.7 Å². The first kappa shape index (κ1) is 20.4. The third-order valence-corrected chi connectivity index (χ3v) is 6.16. The minimum atomic E-state index is -3.87. The molecule has 0 saturated carbocycles. The number of morpholine rings is 1. The van der Waals surface area contributed by atoms with Crippen LogP contribution < -0.4 is 4.72 Å². The maximum absolute atomic E-state index is 12.6. The molecule has 1 fully saturated rings. The Bertz CT molecular complexity index is 956. The third-order valence-electron chi connectivity index (χ3n) is 4.76. The summed E-state index contributed by atoms with van der Waals surface area (Å²) < 4.78 is 33.2. The summed E-state index contributed by atoms with van der Waals surface area (Å²) in [6.45, 7) is 5.48. The average molecular weight is 405 g/mol. The number of hydrogen-bond acceptors (Lipinski definition) is 6. The molecule has 1 aliphatic heterocycles. The molecular weight excluding hydrogens is 382 g/mol. The quantitative estimate of drug-likeness (QED) is 0.560. The summed E-state index contributed by atoms with van der Waals surface area (Å²) in [5, 5.41) is 11.1.